The second-order valence-corrected chi connectivity index (χ2v) is 16.5. The van der Waals surface area contributed by atoms with E-state index < -0.39 is 13.7 Å². The summed E-state index contributed by atoms with van der Waals surface area (Å²) in [6.45, 7) is 14.5. The fourth-order valence-electron chi connectivity index (χ4n) is 3.96. The molecule has 0 spiro atoms. The number of aliphatic hydroxyl groups is 1. The highest BCUT2D eigenvalue weighted by atomic mass is 28.3. The summed E-state index contributed by atoms with van der Waals surface area (Å²) in [5, 5.41) is 9.10. The number of ether oxygens (including phenoxy) is 2. The molecular weight excluding hydrogens is 434 g/mol. The van der Waals surface area contributed by atoms with Crippen LogP contribution in [-0.4, -0.2) is 59.1 Å². The van der Waals surface area contributed by atoms with Crippen molar-refractivity contribution in [3.8, 4) is 0 Å². The zero-order valence-corrected chi connectivity index (χ0v) is 21.9. The molecule has 0 aliphatic carbocycles. The first-order chi connectivity index (χ1) is 15.5. The number of carbonyl (C=O) groups is 1. The van der Waals surface area contributed by atoms with E-state index in [1.165, 1.54) is 0 Å². The average Bonchev–Trinajstić information content (AvgIpc) is 3.32. The third kappa shape index (κ3) is 6.91. The van der Waals surface area contributed by atoms with Crippen molar-refractivity contribution < 1.29 is 19.4 Å². The van der Waals surface area contributed by atoms with Crippen molar-refractivity contribution in [2.75, 3.05) is 19.8 Å². The van der Waals surface area contributed by atoms with Crippen LogP contribution in [0.25, 0.3) is 17.1 Å². The number of amides is 1. The van der Waals surface area contributed by atoms with Crippen molar-refractivity contribution in [1.82, 2.24) is 14.5 Å². The Balaban J connectivity index is 1.93. The Morgan fingerprint density at radius 3 is 2.73 bits per heavy atom. The van der Waals surface area contributed by atoms with Gasteiger partial charge in [0.1, 0.15) is 18.2 Å². The lowest BCUT2D eigenvalue weighted by molar-refractivity contribution is 0.0205. The summed E-state index contributed by atoms with van der Waals surface area (Å²) >= 11 is 0. The van der Waals surface area contributed by atoms with E-state index in [0.717, 1.165) is 41.3 Å². The molecule has 1 atom stereocenters. The number of aromatic nitrogens is 2. The van der Waals surface area contributed by atoms with E-state index in [1.807, 2.05) is 45.0 Å². The van der Waals surface area contributed by atoms with Gasteiger partial charge in [-0.1, -0.05) is 37.9 Å². The predicted molar refractivity (Wildman–Crippen MR) is 135 cm³/mol. The summed E-state index contributed by atoms with van der Waals surface area (Å²) in [5.74, 6) is 0.838. The van der Waals surface area contributed by atoms with Crippen LogP contribution in [0.1, 0.15) is 51.0 Å². The molecule has 1 saturated heterocycles. The standard InChI is InChI=1S/C25H39N3O4Si/c1-25(2,3)32-24(30)27-13-7-10-22(27)23-26-20-17-19(9-8-14-29)11-12-21(20)28(23)18-31-15-16-33(4,5)6/h8-9,11-12,17,22,29H,7,10,13-16,18H2,1-6H3/b9-8+/t22-/m0/s1. The number of aliphatic hydroxyl groups excluding tert-OH is 1. The van der Waals surface area contributed by atoms with Crippen LogP contribution in [0.4, 0.5) is 4.79 Å². The lowest BCUT2D eigenvalue weighted by atomic mass is 10.2. The molecular formula is C25H39N3O4Si. The summed E-state index contributed by atoms with van der Waals surface area (Å²) in [4.78, 5) is 19.7. The fraction of sp³-hybridized carbons (Fsp3) is 0.600. The van der Waals surface area contributed by atoms with Gasteiger partial charge < -0.3 is 19.1 Å². The van der Waals surface area contributed by atoms with Crippen molar-refractivity contribution in [2.24, 2.45) is 0 Å². The van der Waals surface area contributed by atoms with Gasteiger partial charge in [0.15, 0.2) is 0 Å². The molecule has 2 heterocycles. The minimum absolute atomic E-state index is 0.00438. The number of hydrogen-bond donors (Lipinski definition) is 1. The van der Waals surface area contributed by atoms with Crippen LogP contribution in [0.5, 0.6) is 0 Å². The second kappa shape index (κ2) is 10.4. The van der Waals surface area contributed by atoms with Gasteiger partial charge in [0.05, 0.1) is 23.7 Å². The quantitative estimate of drug-likeness (QED) is 0.409. The van der Waals surface area contributed by atoms with Crippen LogP contribution in [0.15, 0.2) is 24.3 Å². The maximum atomic E-state index is 12.9. The van der Waals surface area contributed by atoms with Crippen molar-refractivity contribution >= 4 is 31.3 Å². The maximum absolute atomic E-state index is 12.9. The predicted octanol–water partition coefficient (Wildman–Crippen LogP) is 5.43. The van der Waals surface area contributed by atoms with Crippen molar-refractivity contribution in [3.63, 3.8) is 0 Å². The second-order valence-electron chi connectivity index (χ2n) is 10.9. The highest BCUT2D eigenvalue weighted by Gasteiger charge is 2.36. The Bertz CT molecular complexity index is 988. The molecule has 1 aliphatic rings. The van der Waals surface area contributed by atoms with E-state index in [9.17, 15) is 4.79 Å². The van der Waals surface area contributed by atoms with E-state index in [1.54, 1.807) is 11.0 Å². The van der Waals surface area contributed by atoms with Crippen LogP contribution in [0, 0.1) is 0 Å². The van der Waals surface area contributed by atoms with Gasteiger partial charge in [-0.2, -0.15) is 0 Å². The Kier molecular flexibility index (Phi) is 8.03. The van der Waals surface area contributed by atoms with Gasteiger partial charge in [0, 0.05) is 21.2 Å². The first-order valence-corrected chi connectivity index (χ1v) is 15.5. The molecule has 1 amide bonds. The summed E-state index contributed by atoms with van der Waals surface area (Å²) < 4.78 is 13.9. The summed E-state index contributed by atoms with van der Waals surface area (Å²) in [6.07, 6.45) is 5.04. The molecule has 0 radical (unpaired) electrons. The van der Waals surface area contributed by atoms with Crippen LogP contribution in [0.3, 0.4) is 0 Å². The minimum Gasteiger partial charge on any atom is -0.444 e. The molecule has 0 bridgehead atoms. The molecule has 7 nitrogen and oxygen atoms in total. The number of rotatable bonds is 8. The number of likely N-dealkylation sites (tertiary alicyclic amines) is 1. The number of hydrogen-bond acceptors (Lipinski definition) is 5. The van der Waals surface area contributed by atoms with E-state index >= 15 is 0 Å². The lowest BCUT2D eigenvalue weighted by Crippen LogP contribution is -2.37. The highest BCUT2D eigenvalue weighted by Crippen LogP contribution is 2.35. The minimum atomic E-state index is -1.19. The molecule has 2 aromatic rings. The number of nitrogens with zero attached hydrogens (tertiary/aromatic N) is 3. The third-order valence-electron chi connectivity index (χ3n) is 5.61. The van der Waals surface area contributed by atoms with Crippen LogP contribution < -0.4 is 0 Å². The van der Waals surface area contributed by atoms with E-state index in [4.69, 9.17) is 19.6 Å². The van der Waals surface area contributed by atoms with Gasteiger partial charge in [0.2, 0.25) is 0 Å². The van der Waals surface area contributed by atoms with E-state index in [0.29, 0.717) is 19.9 Å². The Morgan fingerprint density at radius 2 is 2.06 bits per heavy atom. The maximum Gasteiger partial charge on any atom is 0.410 e. The highest BCUT2D eigenvalue weighted by molar-refractivity contribution is 6.76. The van der Waals surface area contributed by atoms with Gasteiger partial charge in [-0.05, 0) is 57.4 Å². The van der Waals surface area contributed by atoms with Crippen molar-refractivity contribution in [1.29, 1.82) is 0 Å². The number of imidazole rings is 1. The largest absolute Gasteiger partial charge is 0.444 e. The molecule has 3 rings (SSSR count). The van der Waals surface area contributed by atoms with Gasteiger partial charge >= 0.3 is 6.09 Å². The zero-order valence-electron chi connectivity index (χ0n) is 20.9. The Hall–Kier alpha value is -2.16. The van der Waals surface area contributed by atoms with Gasteiger partial charge in [-0.3, -0.25) is 4.90 Å². The number of fused-ring (bicyclic) bond motifs is 1. The number of carbonyl (C=O) groups excluding carboxylic acids is 1. The Labute approximate surface area is 198 Å². The summed E-state index contributed by atoms with van der Waals surface area (Å²) in [5.41, 5.74) is 2.27. The fourth-order valence-corrected chi connectivity index (χ4v) is 4.71. The number of benzene rings is 1. The van der Waals surface area contributed by atoms with E-state index in [-0.39, 0.29) is 18.7 Å². The van der Waals surface area contributed by atoms with Crippen molar-refractivity contribution in [2.45, 2.75) is 77.7 Å². The first kappa shape index (κ1) is 25.5. The zero-order chi connectivity index (χ0) is 24.2. The van der Waals surface area contributed by atoms with Gasteiger partial charge in [-0.25, -0.2) is 9.78 Å². The van der Waals surface area contributed by atoms with Gasteiger partial charge in [-0.15, -0.1) is 0 Å². The Morgan fingerprint density at radius 1 is 1.30 bits per heavy atom. The first-order valence-electron chi connectivity index (χ1n) is 11.8. The lowest BCUT2D eigenvalue weighted by Gasteiger charge is -2.28. The third-order valence-corrected chi connectivity index (χ3v) is 7.32. The van der Waals surface area contributed by atoms with Crippen LogP contribution in [0.2, 0.25) is 25.7 Å². The molecule has 1 N–H and O–H groups in total. The molecule has 8 heteroatoms. The molecule has 1 aliphatic heterocycles. The average molecular weight is 474 g/mol. The SMILES string of the molecule is CC(C)(C)OC(=O)N1CCC[C@H]1c1nc2cc(/C=C/CO)ccc2n1COCC[Si](C)(C)C. The topological polar surface area (TPSA) is 76.8 Å². The monoisotopic (exact) mass is 473 g/mol. The normalized spacial score (nSPS) is 17.4. The molecule has 0 saturated carbocycles. The molecule has 1 aromatic carbocycles. The molecule has 1 fully saturated rings. The molecule has 0 unspecified atom stereocenters. The molecule has 182 valence electrons. The summed E-state index contributed by atoms with van der Waals surface area (Å²) in [7, 11) is -1.19. The molecule has 33 heavy (non-hydrogen) atoms. The summed E-state index contributed by atoms with van der Waals surface area (Å²) in [6, 6.07) is 7.01. The van der Waals surface area contributed by atoms with Gasteiger partial charge in [0.25, 0.3) is 0 Å². The van der Waals surface area contributed by atoms with Crippen molar-refractivity contribution in [3.05, 3.63) is 35.7 Å². The van der Waals surface area contributed by atoms with Crippen LogP contribution >= 0.6 is 0 Å². The van der Waals surface area contributed by atoms with E-state index in [2.05, 4.69) is 24.2 Å². The van der Waals surface area contributed by atoms with Crippen LogP contribution in [-0.2, 0) is 16.2 Å². The smallest absolute Gasteiger partial charge is 0.410 e. The molecule has 1 aromatic heterocycles.